The zero-order valence-electron chi connectivity index (χ0n) is 7.38. The Kier molecular flexibility index (Phi) is 2.09. The van der Waals surface area contributed by atoms with Crippen LogP contribution in [0.4, 0.5) is 0 Å². The molecule has 64 valence electrons. The third kappa shape index (κ3) is 2.05. The fraction of sp³-hybridized carbons (Fsp3) is 0.500. The average Bonchev–Trinajstić information content (AvgIpc) is 2.84. The Morgan fingerprint density at radius 2 is 2.42 bits per heavy atom. The summed E-state index contributed by atoms with van der Waals surface area (Å²) in [4.78, 5) is 4.28. The monoisotopic (exact) mass is 162 g/mol. The number of aryl methyl sites for hydroxylation is 1. The van der Waals surface area contributed by atoms with Gasteiger partial charge < -0.3 is 5.32 Å². The third-order valence-corrected chi connectivity index (χ3v) is 2.12. The molecule has 0 unspecified atom stereocenters. The minimum absolute atomic E-state index is 0.771. The Morgan fingerprint density at radius 1 is 1.58 bits per heavy atom. The third-order valence-electron chi connectivity index (χ3n) is 2.12. The van der Waals surface area contributed by atoms with Crippen LogP contribution in [0.1, 0.15) is 24.1 Å². The highest BCUT2D eigenvalue weighted by Gasteiger charge is 2.19. The molecule has 2 rings (SSSR count). The Bertz CT molecular complexity index is 266. The summed E-state index contributed by atoms with van der Waals surface area (Å²) in [7, 11) is 0. The molecule has 0 atom stereocenters. The second-order valence-electron chi connectivity index (χ2n) is 3.48. The van der Waals surface area contributed by atoms with Crippen LogP contribution in [0.3, 0.4) is 0 Å². The molecule has 1 aliphatic rings. The molecule has 0 spiro atoms. The summed E-state index contributed by atoms with van der Waals surface area (Å²) >= 11 is 0. The second kappa shape index (κ2) is 3.23. The minimum Gasteiger partial charge on any atom is -0.308 e. The number of rotatable bonds is 3. The van der Waals surface area contributed by atoms with E-state index in [2.05, 4.69) is 23.3 Å². The molecule has 0 aromatic carbocycles. The molecule has 0 bridgehead atoms. The molecule has 2 nitrogen and oxygen atoms in total. The van der Waals surface area contributed by atoms with E-state index in [1.165, 1.54) is 18.4 Å². The number of hydrogen-bond donors (Lipinski definition) is 1. The Hall–Kier alpha value is -0.890. The van der Waals surface area contributed by atoms with Crippen LogP contribution in [0.2, 0.25) is 0 Å². The lowest BCUT2D eigenvalue weighted by atomic mass is 10.2. The molecule has 1 saturated carbocycles. The van der Waals surface area contributed by atoms with Crippen LogP contribution < -0.4 is 5.32 Å². The van der Waals surface area contributed by atoms with Gasteiger partial charge in [0.25, 0.3) is 0 Å². The lowest BCUT2D eigenvalue weighted by Crippen LogP contribution is -2.16. The van der Waals surface area contributed by atoms with E-state index in [1.807, 2.05) is 12.3 Å². The van der Waals surface area contributed by atoms with Crippen molar-refractivity contribution in [3.8, 4) is 0 Å². The average molecular weight is 162 g/mol. The number of hydrogen-bond acceptors (Lipinski definition) is 2. The van der Waals surface area contributed by atoms with Crippen molar-refractivity contribution in [2.75, 3.05) is 0 Å². The van der Waals surface area contributed by atoms with Crippen molar-refractivity contribution in [2.24, 2.45) is 0 Å². The van der Waals surface area contributed by atoms with Crippen LogP contribution in [0.25, 0.3) is 0 Å². The molecule has 0 saturated heterocycles. The van der Waals surface area contributed by atoms with Gasteiger partial charge in [-0.3, -0.25) is 4.98 Å². The van der Waals surface area contributed by atoms with E-state index in [0.29, 0.717) is 0 Å². The zero-order valence-corrected chi connectivity index (χ0v) is 7.38. The zero-order chi connectivity index (χ0) is 8.39. The van der Waals surface area contributed by atoms with Gasteiger partial charge in [-0.1, -0.05) is 0 Å². The summed E-state index contributed by atoms with van der Waals surface area (Å²) < 4.78 is 0. The van der Waals surface area contributed by atoms with Crippen LogP contribution in [0, 0.1) is 6.92 Å². The SMILES string of the molecule is Cc1ccnc(CNC2CC2)c1. The molecule has 12 heavy (non-hydrogen) atoms. The number of nitrogens with one attached hydrogen (secondary N) is 1. The number of pyridine rings is 1. The van der Waals surface area contributed by atoms with Gasteiger partial charge in [-0.15, -0.1) is 0 Å². The second-order valence-corrected chi connectivity index (χ2v) is 3.48. The predicted molar refractivity (Wildman–Crippen MR) is 48.8 cm³/mol. The highest BCUT2D eigenvalue weighted by Crippen LogP contribution is 2.18. The first kappa shape index (κ1) is 7.74. The van der Waals surface area contributed by atoms with Gasteiger partial charge in [0.1, 0.15) is 0 Å². The molecule has 2 heteroatoms. The van der Waals surface area contributed by atoms with Gasteiger partial charge in [0.05, 0.1) is 5.69 Å². The maximum absolute atomic E-state index is 4.28. The molecule has 0 radical (unpaired) electrons. The van der Waals surface area contributed by atoms with Crippen LogP contribution in [-0.2, 0) is 6.54 Å². The van der Waals surface area contributed by atoms with E-state index < -0.39 is 0 Å². The Morgan fingerprint density at radius 3 is 3.08 bits per heavy atom. The smallest absolute Gasteiger partial charge is 0.0544 e. The maximum atomic E-state index is 4.28. The van der Waals surface area contributed by atoms with Gasteiger partial charge in [-0.05, 0) is 37.5 Å². The summed E-state index contributed by atoms with van der Waals surface area (Å²) in [5, 5.41) is 3.44. The molecule has 1 aromatic rings. The van der Waals surface area contributed by atoms with Gasteiger partial charge in [0.15, 0.2) is 0 Å². The van der Waals surface area contributed by atoms with Crippen LogP contribution >= 0.6 is 0 Å². The van der Waals surface area contributed by atoms with Crippen LogP contribution in [0.15, 0.2) is 18.3 Å². The molecule has 0 aliphatic heterocycles. The van der Waals surface area contributed by atoms with Crippen molar-refractivity contribution in [3.63, 3.8) is 0 Å². The summed E-state index contributed by atoms with van der Waals surface area (Å²) in [6.45, 7) is 3.02. The molecular weight excluding hydrogens is 148 g/mol. The van der Waals surface area contributed by atoms with Gasteiger partial charge >= 0.3 is 0 Å². The molecular formula is C10H14N2. The normalized spacial score (nSPS) is 16.4. The van der Waals surface area contributed by atoms with Crippen molar-refractivity contribution in [3.05, 3.63) is 29.6 Å². The first-order valence-corrected chi connectivity index (χ1v) is 4.49. The van der Waals surface area contributed by atoms with Gasteiger partial charge in [-0.25, -0.2) is 0 Å². The van der Waals surface area contributed by atoms with Crippen molar-refractivity contribution >= 4 is 0 Å². The molecule has 0 amide bonds. The summed E-state index contributed by atoms with van der Waals surface area (Å²) in [6.07, 6.45) is 4.55. The highest BCUT2D eigenvalue weighted by molar-refractivity contribution is 5.14. The molecule has 1 heterocycles. The maximum Gasteiger partial charge on any atom is 0.0544 e. The minimum atomic E-state index is 0.771. The van der Waals surface area contributed by atoms with Gasteiger partial charge in [0.2, 0.25) is 0 Å². The molecule has 1 aliphatic carbocycles. The van der Waals surface area contributed by atoms with Crippen LogP contribution in [0.5, 0.6) is 0 Å². The Balaban J connectivity index is 1.92. The first-order valence-electron chi connectivity index (χ1n) is 4.49. The van der Waals surface area contributed by atoms with Crippen molar-refractivity contribution in [1.29, 1.82) is 0 Å². The molecule has 1 N–H and O–H groups in total. The molecule has 1 aromatic heterocycles. The fourth-order valence-electron chi connectivity index (χ4n) is 1.23. The predicted octanol–water partition coefficient (Wildman–Crippen LogP) is 1.64. The summed E-state index contributed by atoms with van der Waals surface area (Å²) in [5.41, 5.74) is 2.44. The van der Waals surface area contributed by atoms with E-state index in [9.17, 15) is 0 Å². The summed E-state index contributed by atoms with van der Waals surface area (Å²) in [6, 6.07) is 4.93. The largest absolute Gasteiger partial charge is 0.308 e. The Labute approximate surface area is 73.0 Å². The first-order chi connectivity index (χ1) is 5.84. The quantitative estimate of drug-likeness (QED) is 0.731. The summed E-state index contributed by atoms with van der Waals surface area (Å²) in [5.74, 6) is 0. The number of nitrogens with zero attached hydrogens (tertiary/aromatic N) is 1. The standard InChI is InChI=1S/C10H14N2/c1-8-4-5-11-10(6-8)7-12-9-2-3-9/h4-6,9,12H,2-3,7H2,1H3. The van der Waals surface area contributed by atoms with Gasteiger partial charge in [-0.2, -0.15) is 0 Å². The van der Waals surface area contributed by atoms with E-state index in [1.54, 1.807) is 0 Å². The van der Waals surface area contributed by atoms with E-state index >= 15 is 0 Å². The molecule has 1 fully saturated rings. The highest BCUT2D eigenvalue weighted by atomic mass is 15.0. The fourth-order valence-corrected chi connectivity index (χ4v) is 1.23. The van der Waals surface area contributed by atoms with E-state index in [-0.39, 0.29) is 0 Å². The van der Waals surface area contributed by atoms with Gasteiger partial charge in [0, 0.05) is 18.8 Å². The lowest BCUT2D eigenvalue weighted by molar-refractivity contribution is 0.674. The van der Waals surface area contributed by atoms with E-state index in [4.69, 9.17) is 0 Å². The lowest BCUT2D eigenvalue weighted by Gasteiger charge is -2.02. The van der Waals surface area contributed by atoms with Crippen LogP contribution in [-0.4, -0.2) is 11.0 Å². The van der Waals surface area contributed by atoms with Crippen molar-refractivity contribution in [2.45, 2.75) is 32.4 Å². The van der Waals surface area contributed by atoms with Crippen molar-refractivity contribution in [1.82, 2.24) is 10.3 Å². The van der Waals surface area contributed by atoms with E-state index in [0.717, 1.165) is 18.3 Å². The topological polar surface area (TPSA) is 24.9 Å². The number of aromatic nitrogens is 1. The van der Waals surface area contributed by atoms with Crippen molar-refractivity contribution < 1.29 is 0 Å².